The molecular weight excluding hydrogens is 202 g/mol. The summed E-state index contributed by atoms with van der Waals surface area (Å²) in [4.78, 5) is 10.6. The molecule has 0 bridgehead atoms. The van der Waals surface area contributed by atoms with Gasteiger partial charge in [-0.05, 0) is 16.7 Å². The Bertz CT molecular complexity index is 500. The van der Waals surface area contributed by atoms with Gasteiger partial charge in [-0.1, -0.05) is 29.4 Å². The van der Waals surface area contributed by atoms with Gasteiger partial charge in [0.05, 0.1) is 6.54 Å². The van der Waals surface area contributed by atoms with E-state index in [1.807, 2.05) is 24.3 Å². The lowest BCUT2D eigenvalue weighted by molar-refractivity contribution is 1.05. The molecule has 1 aromatic heterocycles. The molecule has 0 aliphatic rings. The Morgan fingerprint density at radius 1 is 1.06 bits per heavy atom. The van der Waals surface area contributed by atoms with Gasteiger partial charge < -0.3 is 0 Å². The molecule has 0 amide bonds. The standard InChI is InChI=1S/C11H9N5/c12-16-15-5-9-1-3-10(4-2-9)11-6-13-8-14-7-11/h1-4,6-8H,5H2. The molecule has 0 radical (unpaired) electrons. The molecule has 2 aromatic rings. The lowest BCUT2D eigenvalue weighted by Gasteiger charge is -2.01. The van der Waals surface area contributed by atoms with Crippen molar-refractivity contribution in [1.82, 2.24) is 9.97 Å². The van der Waals surface area contributed by atoms with Gasteiger partial charge >= 0.3 is 0 Å². The molecule has 5 nitrogen and oxygen atoms in total. The Kier molecular flexibility index (Phi) is 3.11. The first kappa shape index (κ1) is 10.1. The van der Waals surface area contributed by atoms with Crippen LogP contribution in [0.4, 0.5) is 0 Å². The van der Waals surface area contributed by atoms with E-state index in [9.17, 15) is 0 Å². The number of aromatic nitrogens is 2. The van der Waals surface area contributed by atoms with E-state index in [4.69, 9.17) is 5.53 Å². The maximum Gasteiger partial charge on any atom is 0.115 e. The Labute approximate surface area is 92.4 Å². The SMILES string of the molecule is [N-]=[N+]=NCc1ccc(-c2cncnc2)cc1. The molecule has 0 N–H and O–H groups in total. The number of nitrogens with zero attached hydrogens (tertiary/aromatic N) is 5. The minimum Gasteiger partial charge on any atom is -0.244 e. The smallest absolute Gasteiger partial charge is 0.115 e. The van der Waals surface area contributed by atoms with Crippen LogP contribution in [-0.4, -0.2) is 9.97 Å². The molecule has 0 saturated heterocycles. The van der Waals surface area contributed by atoms with Gasteiger partial charge in [-0.15, -0.1) is 0 Å². The zero-order valence-electron chi connectivity index (χ0n) is 8.48. The lowest BCUT2D eigenvalue weighted by atomic mass is 10.1. The summed E-state index contributed by atoms with van der Waals surface area (Å²) in [6, 6.07) is 7.77. The summed E-state index contributed by atoms with van der Waals surface area (Å²) in [7, 11) is 0. The minimum atomic E-state index is 0.377. The highest BCUT2D eigenvalue weighted by Gasteiger charge is 1.97. The highest BCUT2D eigenvalue weighted by molar-refractivity contribution is 5.61. The van der Waals surface area contributed by atoms with Gasteiger partial charge in [0.1, 0.15) is 6.33 Å². The minimum absolute atomic E-state index is 0.377. The predicted octanol–water partition coefficient (Wildman–Crippen LogP) is 2.95. The topological polar surface area (TPSA) is 74.5 Å². The van der Waals surface area contributed by atoms with E-state index in [0.29, 0.717) is 6.54 Å². The average molecular weight is 211 g/mol. The first-order chi connectivity index (χ1) is 7.90. The zero-order chi connectivity index (χ0) is 11.2. The van der Waals surface area contributed by atoms with Crippen molar-refractivity contribution in [2.45, 2.75) is 6.54 Å². The molecule has 0 aliphatic heterocycles. The van der Waals surface area contributed by atoms with E-state index >= 15 is 0 Å². The first-order valence-corrected chi connectivity index (χ1v) is 4.75. The summed E-state index contributed by atoms with van der Waals surface area (Å²) in [5.74, 6) is 0. The Morgan fingerprint density at radius 3 is 2.38 bits per heavy atom. The fraction of sp³-hybridized carbons (Fsp3) is 0.0909. The molecule has 0 atom stereocenters. The quantitative estimate of drug-likeness (QED) is 0.444. The second-order valence-corrected chi connectivity index (χ2v) is 3.21. The number of rotatable bonds is 3. The van der Waals surface area contributed by atoms with Gasteiger partial charge in [0, 0.05) is 22.9 Å². The Balaban J connectivity index is 2.23. The molecule has 0 spiro atoms. The Morgan fingerprint density at radius 2 is 1.75 bits per heavy atom. The van der Waals surface area contributed by atoms with Gasteiger partial charge in [0.15, 0.2) is 0 Å². The van der Waals surface area contributed by atoms with Crippen LogP contribution in [-0.2, 0) is 6.54 Å². The van der Waals surface area contributed by atoms with E-state index < -0.39 is 0 Å². The third-order valence-electron chi connectivity index (χ3n) is 2.16. The van der Waals surface area contributed by atoms with Crippen molar-refractivity contribution in [3.63, 3.8) is 0 Å². The lowest BCUT2D eigenvalue weighted by Crippen LogP contribution is -1.84. The number of hydrogen-bond donors (Lipinski definition) is 0. The van der Waals surface area contributed by atoms with Crippen molar-refractivity contribution in [2.24, 2.45) is 5.11 Å². The molecule has 0 aliphatic carbocycles. The highest BCUT2D eigenvalue weighted by atomic mass is 15.1. The monoisotopic (exact) mass is 211 g/mol. The van der Waals surface area contributed by atoms with Gasteiger partial charge in [0.25, 0.3) is 0 Å². The second-order valence-electron chi connectivity index (χ2n) is 3.21. The van der Waals surface area contributed by atoms with Crippen LogP contribution in [0.3, 0.4) is 0 Å². The molecule has 5 heteroatoms. The van der Waals surface area contributed by atoms with Crippen LogP contribution in [0.1, 0.15) is 5.56 Å². The van der Waals surface area contributed by atoms with Crippen molar-refractivity contribution in [3.05, 3.63) is 59.0 Å². The van der Waals surface area contributed by atoms with E-state index in [-0.39, 0.29) is 0 Å². The van der Waals surface area contributed by atoms with Crippen LogP contribution in [0.5, 0.6) is 0 Å². The number of benzene rings is 1. The van der Waals surface area contributed by atoms with Crippen LogP contribution in [0.15, 0.2) is 48.1 Å². The summed E-state index contributed by atoms with van der Waals surface area (Å²) >= 11 is 0. The maximum atomic E-state index is 8.20. The highest BCUT2D eigenvalue weighted by Crippen LogP contribution is 2.17. The van der Waals surface area contributed by atoms with Gasteiger partial charge in [-0.2, -0.15) is 0 Å². The largest absolute Gasteiger partial charge is 0.244 e. The summed E-state index contributed by atoms with van der Waals surface area (Å²) in [6.45, 7) is 0.377. The zero-order valence-corrected chi connectivity index (χ0v) is 8.48. The third kappa shape index (κ3) is 2.34. The van der Waals surface area contributed by atoms with Crippen LogP contribution in [0, 0.1) is 0 Å². The fourth-order valence-corrected chi connectivity index (χ4v) is 1.36. The summed E-state index contributed by atoms with van der Waals surface area (Å²) < 4.78 is 0. The van der Waals surface area contributed by atoms with Gasteiger partial charge in [-0.3, -0.25) is 0 Å². The van der Waals surface area contributed by atoms with Crippen molar-refractivity contribution < 1.29 is 0 Å². The molecule has 1 heterocycles. The van der Waals surface area contributed by atoms with E-state index in [1.165, 1.54) is 6.33 Å². The van der Waals surface area contributed by atoms with Crippen LogP contribution >= 0.6 is 0 Å². The number of hydrogen-bond acceptors (Lipinski definition) is 3. The van der Waals surface area contributed by atoms with Gasteiger partial charge in [-0.25, -0.2) is 9.97 Å². The molecule has 1 aromatic carbocycles. The first-order valence-electron chi connectivity index (χ1n) is 4.75. The van der Waals surface area contributed by atoms with Crippen molar-refractivity contribution >= 4 is 0 Å². The maximum absolute atomic E-state index is 8.20. The van der Waals surface area contributed by atoms with Gasteiger partial charge in [0.2, 0.25) is 0 Å². The molecule has 0 unspecified atom stereocenters. The molecule has 16 heavy (non-hydrogen) atoms. The van der Waals surface area contributed by atoms with E-state index in [1.54, 1.807) is 12.4 Å². The average Bonchev–Trinajstić information content (AvgIpc) is 2.38. The summed E-state index contributed by atoms with van der Waals surface area (Å²) in [5.41, 5.74) is 11.2. The summed E-state index contributed by atoms with van der Waals surface area (Å²) in [6.07, 6.45) is 5.02. The molecule has 0 fully saturated rings. The fourth-order valence-electron chi connectivity index (χ4n) is 1.36. The normalized spacial score (nSPS) is 9.50. The van der Waals surface area contributed by atoms with Crippen LogP contribution < -0.4 is 0 Å². The molecule has 0 saturated carbocycles. The molecular formula is C11H9N5. The van der Waals surface area contributed by atoms with Crippen molar-refractivity contribution in [3.8, 4) is 11.1 Å². The van der Waals surface area contributed by atoms with Crippen molar-refractivity contribution in [1.29, 1.82) is 0 Å². The third-order valence-corrected chi connectivity index (χ3v) is 2.16. The molecule has 2 rings (SSSR count). The van der Waals surface area contributed by atoms with Crippen LogP contribution in [0.25, 0.3) is 21.6 Å². The van der Waals surface area contributed by atoms with E-state index in [2.05, 4.69) is 20.0 Å². The van der Waals surface area contributed by atoms with Crippen LogP contribution in [0.2, 0.25) is 0 Å². The van der Waals surface area contributed by atoms with Crippen molar-refractivity contribution in [2.75, 3.05) is 0 Å². The number of azide groups is 1. The van der Waals surface area contributed by atoms with E-state index in [0.717, 1.165) is 16.7 Å². The Hall–Kier alpha value is -2.39. The summed E-state index contributed by atoms with van der Waals surface area (Å²) in [5, 5.41) is 3.50. The second kappa shape index (κ2) is 4.91. The molecule has 78 valence electrons. The predicted molar refractivity (Wildman–Crippen MR) is 60.3 cm³/mol.